The van der Waals surface area contributed by atoms with E-state index in [4.69, 9.17) is 10.8 Å². The molecule has 1 saturated heterocycles. The molecule has 0 aromatic heterocycles. The van der Waals surface area contributed by atoms with Crippen molar-refractivity contribution in [2.24, 2.45) is 5.73 Å². The van der Waals surface area contributed by atoms with Crippen LogP contribution in [0.4, 0.5) is 4.39 Å². The van der Waals surface area contributed by atoms with Crippen LogP contribution in [0.2, 0.25) is 0 Å². The molecule has 1 atom stereocenters. The molecule has 1 aliphatic rings. The molecule has 1 heterocycles. The van der Waals surface area contributed by atoms with Gasteiger partial charge in [-0.1, -0.05) is 48.5 Å². The Kier molecular flexibility index (Phi) is 7.57. The lowest BCUT2D eigenvalue weighted by Crippen LogP contribution is -2.40. The van der Waals surface area contributed by atoms with Crippen LogP contribution in [-0.2, 0) is 14.8 Å². The molecule has 0 aliphatic carbocycles. The molecule has 7 nitrogen and oxygen atoms in total. The lowest BCUT2D eigenvalue weighted by atomic mass is 9.99. The topological polar surface area (TPSA) is 118 Å². The minimum absolute atomic E-state index is 0.0861. The molecule has 4 rings (SSSR count). The second-order valence-corrected chi connectivity index (χ2v) is 9.23. The summed E-state index contributed by atoms with van der Waals surface area (Å²) < 4.78 is 38.1. The minimum Gasteiger partial charge on any atom is -0.480 e. The first-order valence-corrected chi connectivity index (χ1v) is 11.6. The Morgan fingerprint density at radius 2 is 1.55 bits per heavy atom. The Morgan fingerprint density at radius 1 is 0.939 bits per heavy atom. The number of rotatable bonds is 5. The van der Waals surface area contributed by atoms with Crippen molar-refractivity contribution in [3.63, 3.8) is 0 Å². The van der Waals surface area contributed by atoms with Gasteiger partial charge in [0.25, 0.3) is 0 Å². The second-order valence-electron chi connectivity index (χ2n) is 7.34. The third-order valence-electron chi connectivity index (χ3n) is 5.19. The van der Waals surface area contributed by atoms with Gasteiger partial charge in [0, 0.05) is 12.1 Å². The van der Waals surface area contributed by atoms with E-state index in [-0.39, 0.29) is 11.4 Å². The number of benzene rings is 3. The number of hydrogen-bond acceptors (Lipinski definition) is 4. The number of nitrogens with zero attached hydrogens (tertiary/aromatic N) is 1. The Labute approximate surface area is 191 Å². The molecule has 3 aromatic carbocycles. The second kappa shape index (κ2) is 10.4. The van der Waals surface area contributed by atoms with Crippen molar-refractivity contribution >= 4 is 21.9 Å². The Bertz CT molecular complexity index is 1230. The summed E-state index contributed by atoms with van der Waals surface area (Å²) in [4.78, 5) is 22.1. The zero-order chi connectivity index (χ0) is 24.0. The zero-order valence-corrected chi connectivity index (χ0v) is 18.4. The van der Waals surface area contributed by atoms with Gasteiger partial charge >= 0.3 is 5.97 Å². The summed E-state index contributed by atoms with van der Waals surface area (Å²) >= 11 is 0. The maximum atomic E-state index is 12.8. The van der Waals surface area contributed by atoms with Gasteiger partial charge in [0.1, 0.15) is 11.9 Å². The molecule has 33 heavy (non-hydrogen) atoms. The van der Waals surface area contributed by atoms with Crippen LogP contribution in [0.3, 0.4) is 0 Å². The molecule has 3 aromatic rings. The fraction of sp³-hybridized carbons (Fsp3) is 0.167. The standard InChI is InChI=1S/C13H11NO.C11H12FNO4S/c14-13(15)12-9-5-4-8-11(12)10-6-2-1-3-7-10;12-8-3-5-9(6-4-8)18(16,17)13-7-1-2-10(13)11(14)15/h1-9H,(H2,14,15);3-6,10H,1-2,7H2,(H,14,15)/t;10-/m.0/s1. The molecule has 0 unspecified atom stereocenters. The van der Waals surface area contributed by atoms with Gasteiger partial charge in [-0.05, 0) is 54.3 Å². The van der Waals surface area contributed by atoms with Gasteiger partial charge in [-0.2, -0.15) is 4.31 Å². The molecular weight excluding hydrogens is 447 g/mol. The third-order valence-corrected chi connectivity index (χ3v) is 7.11. The lowest BCUT2D eigenvalue weighted by Gasteiger charge is -2.20. The Morgan fingerprint density at radius 3 is 2.15 bits per heavy atom. The van der Waals surface area contributed by atoms with Gasteiger partial charge in [0.15, 0.2) is 0 Å². The Balaban J connectivity index is 0.000000189. The van der Waals surface area contributed by atoms with Crippen LogP contribution < -0.4 is 5.73 Å². The highest BCUT2D eigenvalue weighted by molar-refractivity contribution is 7.89. The smallest absolute Gasteiger partial charge is 0.322 e. The maximum absolute atomic E-state index is 12.8. The van der Waals surface area contributed by atoms with Crippen molar-refractivity contribution < 1.29 is 27.5 Å². The monoisotopic (exact) mass is 470 g/mol. The highest BCUT2D eigenvalue weighted by atomic mass is 32.2. The van der Waals surface area contributed by atoms with Crippen LogP contribution in [0, 0.1) is 5.82 Å². The van der Waals surface area contributed by atoms with Gasteiger partial charge in [-0.3, -0.25) is 9.59 Å². The minimum atomic E-state index is -3.86. The van der Waals surface area contributed by atoms with Crippen LogP contribution in [0.5, 0.6) is 0 Å². The number of nitrogens with two attached hydrogens (primary N) is 1. The predicted molar refractivity (Wildman–Crippen MR) is 121 cm³/mol. The molecule has 0 saturated carbocycles. The number of carbonyl (C=O) groups excluding carboxylic acids is 1. The summed E-state index contributed by atoms with van der Waals surface area (Å²) in [5.41, 5.74) is 7.76. The van der Waals surface area contributed by atoms with E-state index in [0.717, 1.165) is 39.7 Å². The number of carbonyl (C=O) groups is 2. The molecular formula is C24H23FN2O5S. The molecule has 1 aliphatic heterocycles. The van der Waals surface area contributed by atoms with Crippen LogP contribution in [0.1, 0.15) is 23.2 Å². The first kappa shape index (κ1) is 24.1. The normalized spacial score (nSPS) is 16.0. The van der Waals surface area contributed by atoms with Crippen molar-refractivity contribution in [1.82, 2.24) is 4.31 Å². The van der Waals surface area contributed by atoms with Crippen LogP contribution in [0.15, 0.2) is 83.8 Å². The zero-order valence-electron chi connectivity index (χ0n) is 17.6. The van der Waals surface area contributed by atoms with E-state index in [2.05, 4.69) is 0 Å². The van der Waals surface area contributed by atoms with Crippen molar-refractivity contribution in [2.45, 2.75) is 23.8 Å². The van der Waals surface area contributed by atoms with Crippen molar-refractivity contribution in [2.75, 3.05) is 6.54 Å². The maximum Gasteiger partial charge on any atom is 0.322 e. The number of amides is 1. The van der Waals surface area contributed by atoms with Gasteiger partial charge < -0.3 is 10.8 Å². The molecule has 0 spiro atoms. The van der Waals surface area contributed by atoms with Gasteiger partial charge in [-0.15, -0.1) is 0 Å². The van der Waals surface area contributed by atoms with Crippen molar-refractivity contribution in [3.05, 3.63) is 90.2 Å². The highest BCUT2D eigenvalue weighted by Crippen LogP contribution is 2.26. The van der Waals surface area contributed by atoms with E-state index < -0.39 is 33.8 Å². The SMILES string of the molecule is NC(=O)c1ccccc1-c1ccccc1.O=C(O)[C@@H]1CCCN1S(=O)(=O)c1ccc(F)cc1. The number of aliphatic carboxylic acids is 1. The molecule has 172 valence electrons. The predicted octanol–water partition coefficient (Wildman–Crippen LogP) is 3.52. The van der Waals surface area contributed by atoms with E-state index in [1.807, 2.05) is 48.5 Å². The van der Waals surface area contributed by atoms with Crippen molar-refractivity contribution in [3.8, 4) is 11.1 Å². The summed E-state index contributed by atoms with van der Waals surface area (Å²) in [7, 11) is -3.86. The van der Waals surface area contributed by atoms with E-state index >= 15 is 0 Å². The van der Waals surface area contributed by atoms with Gasteiger partial charge in [0.2, 0.25) is 15.9 Å². The Hall–Kier alpha value is -3.56. The number of carboxylic acids is 1. The summed E-state index contributed by atoms with van der Waals surface area (Å²) in [6.45, 7) is 0.177. The quantitative estimate of drug-likeness (QED) is 0.592. The summed E-state index contributed by atoms with van der Waals surface area (Å²) in [5, 5.41) is 8.97. The number of carboxylic acid groups (broad SMARTS) is 1. The van der Waals surface area contributed by atoms with Crippen molar-refractivity contribution in [1.29, 1.82) is 0 Å². The van der Waals surface area contributed by atoms with E-state index in [0.29, 0.717) is 18.4 Å². The first-order valence-electron chi connectivity index (χ1n) is 10.2. The number of halogens is 1. The van der Waals surface area contributed by atoms with Crippen LogP contribution >= 0.6 is 0 Å². The van der Waals surface area contributed by atoms with Crippen LogP contribution in [-0.4, -0.2) is 42.3 Å². The fourth-order valence-electron chi connectivity index (χ4n) is 3.58. The molecule has 0 radical (unpaired) electrons. The number of hydrogen-bond donors (Lipinski definition) is 2. The third kappa shape index (κ3) is 5.63. The molecule has 0 bridgehead atoms. The number of sulfonamides is 1. The van der Waals surface area contributed by atoms with Crippen LogP contribution in [0.25, 0.3) is 11.1 Å². The highest BCUT2D eigenvalue weighted by Gasteiger charge is 2.39. The fourth-order valence-corrected chi connectivity index (χ4v) is 5.23. The van der Waals surface area contributed by atoms with E-state index in [9.17, 15) is 22.4 Å². The van der Waals surface area contributed by atoms with Gasteiger partial charge in [-0.25, -0.2) is 12.8 Å². The summed E-state index contributed by atoms with van der Waals surface area (Å²) in [6.07, 6.45) is 0.813. The van der Waals surface area contributed by atoms with E-state index in [1.54, 1.807) is 6.07 Å². The first-order chi connectivity index (χ1) is 15.7. The molecule has 3 N–H and O–H groups in total. The molecule has 9 heteroatoms. The number of primary amides is 1. The van der Waals surface area contributed by atoms with E-state index in [1.165, 1.54) is 0 Å². The summed E-state index contributed by atoms with van der Waals surface area (Å²) in [5.74, 6) is -2.09. The largest absolute Gasteiger partial charge is 0.480 e. The average molecular weight is 471 g/mol. The lowest BCUT2D eigenvalue weighted by molar-refractivity contribution is -0.140. The van der Waals surface area contributed by atoms with Gasteiger partial charge in [0.05, 0.1) is 4.90 Å². The molecule has 1 amide bonds. The summed E-state index contributed by atoms with van der Waals surface area (Å²) in [6, 6.07) is 20.4. The average Bonchev–Trinajstić information content (AvgIpc) is 3.32. The molecule has 1 fully saturated rings.